The van der Waals surface area contributed by atoms with Crippen LogP contribution in [0.15, 0.2) is 34.6 Å². The van der Waals surface area contributed by atoms with Crippen LogP contribution in [0.25, 0.3) is 6.08 Å². The van der Waals surface area contributed by atoms with E-state index in [-0.39, 0.29) is 10.8 Å². The van der Waals surface area contributed by atoms with E-state index in [1.165, 1.54) is 21.7 Å². The number of thiazole rings is 1. The second kappa shape index (κ2) is 11.2. The summed E-state index contributed by atoms with van der Waals surface area (Å²) in [7, 11) is -3.64. The highest BCUT2D eigenvalue weighted by Gasteiger charge is 2.25. The summed E-state index contributed by atoms with van der Waals surface area (Å²) in [5.41, 5.74) is 2.05. The summed E-state index contributed by atoms with van der Waals surface area (Å²) in [6.45, 7) is 12.9. The Labute approximate surface area is 201 Å². The molecule has 0 atom stereocenters. The third-order valence-electron chi connectivity index (χ3n) is 5.77. The molecule has 1 aromatic heterocycles. The highest BCUT2D eigenvalue weighted by atomic mass is 32.2. The Hall–Kier alpha value is -2.27. The molecule has 2 heterocycles. The summed E-state index contributed by atoms with van der Waals surface area (Å²) in [6, 6.07) is 5.02. The first-order valence-corrected chi connectivity index (χ1v) is 13.6. The Morgan fingerprint density at radius 2 is 1.88 bits per heavy atom. The summed E-state index contributed by atoms with van der Waals surface area (Å²) in [6.07, 6.45) is 3.09. The largest absolute Gasteiger partial charge is 0.367 e. The first-order chi connectivity index (χ1) is 15.8. The van der Waals surface area contributed by atoms with Gasteiger partial charge in [0.05, 0.1) is 27.0 Å². The molecule has 0 aliphatic carbocycles. The monoisotopic (exact) mass is 491 g/mol. The number of anilines is 2. The lowest BCUT2D eigenvalue weighted by molar-refractivity contribution is -0.111. The lowest BCUT2D eigenvalue weighted by atomic mass is 10.2. The van der Waals surface area contributed by atoms with Crippen LogP contribution in [0.1, 0.15) is 31.5 Å². The van der Waals surface area contributed by atoms with Crippen LogP contribution in [0.3, 0.4) is 0 Å². The van der Waals surface area contributed by atoms with Crippen molar-refractivity contribution in [3.8, 4) is 0 Å². The Morgan fingerprint density at radius 3 is 2.45 bits per heavy atom. The number of amides is 1. The molecule has 0 saturated carbocycles. The number of sulfonamides is 1. The van der Waals surface area contributed by atoms with Crippen LogP contribution in [0.2, 0.25) is 0 Å². The molecule has 10 heteroatoms. The third-order valence-corrected chi connectivity index (χ3v) is 8.61. The van der Waals surface area contributed by atoms with Crippen LogP contribution in [0, 0.1) is 6.92 Å². The molecule has 2 aromatic rings. The van der Waals surface area contributed by atoms with E-state index in [1.54, 1.807) is 24.3 Å². The van der Waals surface area contributed by atoms with Gasteiger partial charge in [-0.1, -0.05) is 20.8 Å². The third kappa shape index (κ3) is 6.20. The zero-order valence-corrected chi connectivity index (χ0v) is 21.4. The van der Waals surface area contributed by atoms with Gasteiger partial charge in [0.1, 0.15) is 0 Å². The summed E-state index contributed by atoms with van der Waals surface area (Å²) in [5, 5.41) is 5.72. The van der Waals surface area contributed by atoms with Crippen LogP contribution < -0.4 is 10.2 Å². The highest BCUT2D eigenvalue weighted by Crippen LogP contribution is 2.31. The lowest BCUT2D eigenvalue weighted by Gasteiger charge is -2.36. The molecule has 1 aliphatic heterocycles. The van der Waals surface area contributed by atoms with Gasteiger partial charge in [0, 0.05) is 50.7 Å². The van der Waals surface area contributed by atoms with Crippen LogP contribution in [0.5, 0.6) is 0 Å². The van der Waals surface area contributed by atoms with E-state index in [1.807, 2.05) is 26.2 Å². The fourth-order valence-corrected chi connectivity index (χ4v) is 5.93. The van der Waals surface area contributed by atoms with Gasteiger partial charge in [0.2, 0.25) is 15.9 Å². The Bertz CT molecular complexity index is 1090. The number of benzene rings is 1. The van der Waals surface area contributed by atoms with Gasteiger partial charge in [-0.25, -0.2) is 13.4 Å². The van der Waals surface area contributed by atoms with Crippen LogP contribution in [-0.2, 0) is 14.8 Å². The topological polar surface area (TPSA) is 85.9 Å². The number of carbonyl (C=O) groups excluding carboxylic acids is 1. The molecule has 1 saturated heterocycles. The summed E-state index contributed by atoms with van der Waals surface area (Å²) < 4.78 is 27.6. The van der Waals surface area contributed by atoms with Gasteiger partial charge in [-0.2, -0.15) is 4.31 Å². The summed E-state index contributed by atoms with van der Waals surface area (Å²) in [4.78, 5) is 21.8. The van der Waals surface area contributed by atoms with Gasteiger partial charge in [0.25, 0.3) is 0 Å². The minimum absolute atomic E-state index is 0.177. The van der Waals surface area contributed by atoms with Gasteiger partial charge < -0.3 is 15.1 Å². The van der Waals surface area contributed by atoms with Gasteiger partial charge in [-0.15, -0.1) is 11.3 Å². The molecule has 1 fully saturated rings. The van der Waals surface area contributed by atoms with E-state index >= 15 is 0 Å². The summed E-state index contributed by atoms with van der Waals surface area (Å²) >= 11 is 1.52. The molecule has 1 aliphatic rings. The number of aromatic nitrogens is 1. The van der Waals surface area contributed by atoms with Crippen molar-refractivity contribution in [1.82, 2.24) is 14.2 Å². The lowest BCUT2D eigenvalue weighted by Crippen LogP contribution is -2.46. The molecule has 33 heavy (non-hydrogen) atoms. The van der Waals surface area contributed by atoms with Crippen LogP contribution in [0.4, 0.5) is 11.4 Å². The van der Waals surface area contributed by atoms with Gasteiger partial charge in [-0.05, 0) is 37.7 Å². The number of hydrogen-bond donors (Lipinski definition) is 1. The molecule has 3 rings (SSSR count). The molecule has 0 spiro atoms. The molecule has 1 amide bonds. The Balaban J connectivity index is 1.91. The van der Waals surface area contributed by atoms with Crippen molar-refractivity contribution in [3.63, 3.8) is 0 Å². The predicted octanol–water partition coefficient (Wildman–Crippen LogP) is 3.28. The zero-order chi connectivity index (χ0) is 24.0. The normalized spacial score (nSPS) is 15.5. The fraction of sp³-hybridized carbons (Fsp3) is 0.478. The number of piperazine rings is 1. The first kappa shape index (κ1) is 25.4. The fourth-order valence-electron chi connectivity index (χ4n) is 3.86. The van der Waals surface area contributed by atoms with E-state index in [0.29, 0.717) is 18.8 Å². The average Bonchev–Trinajstić information content (AvgIpc) is 3.23. The predicted molar refractivity (Wildman–Crippen MR) is 135 cm³/mol. The summed E-state index contributed by atoms with van der Waals surface area (Å²) in [5.74, 6) is -0.327. The Morgan fingerprint density at radius 1 is 1.18 bits per heavy atom. The maximum absolute atomic E-state index is 13.1. The number of nitrogens with zero attached hydrogens (tertiary/aromatic N) is 4. The van der Waals surface area contributed by atoms with E-state index in [2.05, 4.69) is 27.0 Å². The second-order valence-electron chi connectivity index (χ2n) is 7.80. The van der Waals surface area contributed by atoms with Crippen molar-refractivity contribution in [2.45, 2.75) is 32.6 Å². The number of rotatable bonds is 9. The molecule has 0 radical (unpaired) electrons. The first-order valence-electron chi connectivity index (χ1n) is 11.3. The molecule has 1 aromatic carbocycles. The van der Waals surface area contributed by atoms with Crippen LogP contribution in [-0.4, -0.2) is 74.3 Å². The number of hydrogen-bond acceptors (Lipinski definition) is 7. The zero-order valence-electron chi connectivity index (χ0n) is 19.7. The molecular formula is C23H33N5O3S2. The van der Waals surface area contributed by atoms with Gasteiger partial charge >= 0.3 is 0 Å². The smallest absolute Gasteiger partial charge is 0.248 e. The van der Waals surface area contributed by atoms with Crippen molar-refractivity contribution >= 4 is 44.7 Å². The maximum Gasteiger partial charge on any atom is 0.248 e. The molecule has 1 N–H and O–H groups in total. The van der Waals surface area contributed by atoms with E-state index in [4.69, 9.17) is 0 Å². The maximum atomic E-state index is 13.1. The minimum atomic E-state index is -3.64. The van der Waals surface area contributed by atoms with E-state index in [0.717, 1.165) is 49.1 Å². The SMILES string of the molecule is CCN1CCN(c2ccc(S(=O)(=O)N(CC)CC)cc2NC(=O)/C=C/c2csc(C)n2)CC1. The van der Waals surface area contributed by atoms with Crippen molar-refractivity contribution in [2.75, 3.05) is 56.0 Å². The second-order valence-corrected chi connectivity index (χ2v) is 10.8. The molecule has 180 valence electrons. The van der Waals surface area contributed by atoms with Crippen molar-refractivity contribution in [3.05, 3.63) is 40.4 Å². The van der Waals surface area contributed by atoms with E-state index in [9.17, 15) is 13.2 Å². The quantitative estimate of drug-likeness (QED) is 0.542. The van der Waals surface area contributed by atoms with Crippen LogP contribution >= 0.6 is 11.3 Å². The molecule has 0 unspecified atom stereocenters. The van der Waals surface area contributed by atoms with Crippen molar-refractivity contribution in [2.24, 2.45) is 0 Å². The number of likely N-dealkylation sites (N-methyl/N-ethyl adjacent to an activating group) is 1. The number of nitrogens with one attached hydrogen (secondary N) is 1. The van der Waals surface area contributed by atoms with Crippen molar-refractivity contribution in [1.29, 1.82) is 0 Å². The Kier molecular flexibility index (Phi) is 8.63. The molecule has 8 nitrogen and oxygen atoms in total. The minimum Gasteiger partial charge on any atom is -0.367 e. The average molecular weight is 492 g/mol. The van der Waals surface area contributed by atoms with Crippen molar-refractivity contribution < 1.29 is 13.2 Å². The highest BCUT2D eigenvalue weighted by molar-refractivity contribution is 7.89. The van der Waals surface area contributed by atoms with Gasteiger partial charge in [0.15, 0.2) is 0 Å². The molecule has 0 bridgehead atoms. The van der Waals surface area contributed by atoms with E-state index < -0.39 is 10.0 Å². The standard InChI is InChI=1S/C23H33N5O3S2/c1-5-26-12-14-27(15-13-26)22-10-9-20(33(30,31)28(6-2)7-3)16-21(22)25-23(29)11-8-19-17-32-18(4)24-19/h8-11,16-17H,5-7,12-15H2,1-4H3,(H,25,29)/b11-8+. The van der Waals surface area contributed by atoms with Gasteiger partial charge in [-0.3, -0.25) is 4.79 Å². The molecular weight excluding hydrogens is 458 g/mol. The number of aryl methyl sites for hydroxylation is 1. The number of carbonyl (C=O) groups is 1.